The van der Waals surface area contributed by atoms with E-state index in [1.165, 1.54) is 68.3 Å². The summed E-state index contributed by atoms with van der Waals surface area (Å²) in [5.74, 6) is -0.169. The van der Waals surface area contributed by atoms with Crippen molar-refractivity contribution in [3.8, 4) is 0 Å². The Morgan fingerprint density at radius 3 is 2.18 bits per heavy atom. The number of hydrogen-bond acceptors (Lipinski definition) is 8. The van der Waals surface area contributed by atoms with E-state index in [9.17, 15) is 4.79 Å². The van der Waals surface area contributed by atoms with Gasteiger partial charge in [-0.2, -0.15) is 0 Å². The number of aliphatic carboxylic acids is 1. The van der Waals surface area contributed by atoms with Crippen molar-refractivity contribution in [1.82, 2.24) is 29.7 Å². The van der Waals surface area contributed by atoms with E-state index in [1.54, 1.807) is 6.20 Å². The fraction of sp³-hybridized carbons (Fsp3) is 0.556. The van der Waals surface area contributed by atoms with Gasteiger partial charge in [0, 0.05) is 61.7 Å². The molecule has 0 saturated carbocycles. The lowest BCUT2D eigenvalue weighted by molar-refractivity contribution is -0.136. The van der Waals surface area contributed by atoms with E-state index in [0.29, 0.717) is 30.5 Å². The molecule has 9 heteroatoms. The van der Waals surface area contributed by atoms with E-state index in [-0.39, 0.29) is 6.42 Å². The average Bonchev–Trinajstić information content (AvgIpc) is 3.81. The summed E-state index contributed by atoms with van der Waals surface area (Å²) in [5, 5.41) is 8.67. The second kappa shape index (κ2) is 18.0. The molecule has 3 aromatic rings. The summed E-state index contributed by atoms with van der Waals surface area (Å²) in [7, 11) is 4.29. The maximum Gasteiger partial charge on any atom is 0.303 e. The number of carboxylic acids is 1. The molecule has 3 aliphatic rings. The number of nitrogens with zero attached hydrogens (tertiary/aromatic N) is 6. The zero-order valence-electron chi connectivity index (χ0n) is 27.5. The van der Waals surface area contributed by atoms with Crippen LogP contribution in [0.4, 0.5) is 0 Å². The number of aromatic nitrogens is 3. The first-order chi connectivity index (χ1) is 21.9. The number of likely N-dealkylation sites (tertiary alicyclic amines) is 3. The highest BCUT2D eigenvalue weighted by atomic mass is 16.4. The van der Waals surface area contributed by atoms with Crippen LogP contribution in [0.1, 0.15) is 92.2 Å². The standard InChI is InChI=1S/C13H18N2O2.C12H18N2.C11H17N3/c1-15-6-2-3-12(15)11-7-10(8-14-9-11)4-5-13(16)17;1-2-8-14-9-4-6-12(14)11-5-3-7-13-10-11;1-14-6-4-9(7-12)11(14)10-3-2-5-13-8-10/h7-9,12H,2-6H2,1H3,(H,16,17);3,5,7,10,12H,2,4,6,8-9H2,1H3;2-3,5,8-9,11H,4,6-7,12H2,1H3/t;;9-,11?/m..1/s1. The number of aryl methyl sites for hydroxylation is 1. The van der Waals surface area contributed by atoms with Gasteiger partial charge in [-0.05, 0) is 132 Å². The third-order valence-electron chi connectivity index (χ3n) is 9.40. The van der Waals surface area contributed by atoms with Crippen molar-refractivity contribution in [3.63, 3.8) is 0 Å². The van der Waals surface area contributed by atoms with Gasteiger partial charge in [-0.1, -0.05) is 25.1 Å². The van der Waals surface area contributed by atoms with Crippen molar-refractivity contribution < 1.29 is 9.90 Å². The Morgan fingerprint density at radius 1 is 0.867 bits per heavy atom. The molecule has 6 heterocycles. The van der Waals surface area contributed by atoms with Crippen LogP contribution in [0.25, 0.3) is 0 Å². The van der Waals surface area contributed by atoms with Crippen LogP contribution in [0.2, 0.25) is 0 Å². The number of nitrogens with two attached hydrogens (primary N) is 1. The Bertz CT molecular complexity index is 1280. The van der Waals surface area contributed by atoms with Gasteiger partial charge < -0.3 is 10.8 Å². The quantitative estimate of drug-likeness (QED) is 0.321. The van der Waals surface area contributed by atoms with Crippen molar-refractivity contribution in [3.05, 3.63) is 89.8 Å². The summed E-state index contributed by atoms with van der Waals surface area (Å²) in [6, 6.07) is 12.0. The molecular weight excluding hydrogens is 562 g/mol. The predicted molar refractivity (Wildman–Crippen MR) is 180 cm³/mol. The van der Waals surface area contributed by atoms with E-state index in [2.05, 4.69) is 68.9 Å². The van der Waals surface area contributed by atoms with Gasteiger partial charge in [-0.25, -0.2) is 0 Å². The van der Waals surface area contributed by atoms with Crippen LogP contribution in [0, 0.1) is 5.92 Å². The average molecular weight is 616 g/mol. The van der Waals surface area contributed by atoms with Crippen molar-refractivity contribution in [2.24, 2.45) is 11.7 Å². The van der Waals surface area contributed by atoms with Gasteiger partial charge in [0.05, 0.1) is 0 Å². The zero-order valence-corrected chi connectivity index (χ0v) is 27.5. The normalized spacial score (nSPS) is 23.6. The molecule has 3 saturated heterocycles. The molecule has 4 atom stereocenters. The van der Waals surface area contributed by atoms with E-state index >= 15 is 0 Å². The van der Waals surface area contributed by atoms with Crippen LogP contribution >= 0.6 is 0 Å². The van der Waals surface area contributed by atoms with Crippen LogP contribution < -0.4 is 5.73 Å². The summed E-state index contributed by atoms with van der Waals surface area (Å²) < 4.78 is 0. The van der Waals surface area contributed by atoms with Crippen LogP contribution in [0.3, 0.4) is 0 Å². The van der Waals surface area contributed by atoms with Gasteiger partial charge in [-0.3, -0.25) is 34.4 Å². The first-order valence-electron chi connectivity index (χ1n) is 16.7. The Morgan fingerprint density at radius 2 is 1.56 bits per heavy atom. The highest BCUT2D eigenvalue weighted by molar-refractivity contribution is 5.67. The molecule has 0 radical (unpaired) electrons. The topological polar surface area (TPSA) is 112 Å². The molecular formula is C36H53N7O2. The molecule has 0 amide bonds. The van der Waals surface area contributed by atoms with Gasteiger partial charge >= 0.3 is 5.97 Å². The Hall–Kier alpha value is -3.24. The first kappa shape index (κ1) is 34.6. The number of rotatable bonds is 9. The summed E-state index contributed by atoms with van der Waals surface area (Å²) in [6.45, 7) is 7.76. The Kier molecular flexibility index (Phi) is 13.9. The lowest BCUT2D eigenvalue weighted by atomic mass is 9.95. The number of hydrogen-bond donors (Lipinski definition) is 2. The third kappa shape index (κ3) is 10.1. The second-order valence-electron chi connectivity index (χ2n) is 12.6. The fourth-order valence-corrected chi connectivity index (χ4v) is 7.09. The maximum atomic E-state index is 10.5. The number of carboxylic acid groups (broad SMARTS) is 1. The summed E-state index contributed by atoms with van der Waals surface area (Å²) in [4.78, 5) is 30.4. The zero-order chi connectivity index (χ0) is 32.0. The molecule has 6 rings (SSSR count). The SMILES string of the molecule is CCCN1CCCC1c1cccnc1.CN1CCCC1c1cncc(CCC(=O)O)c1.CN1CC[C@H](CN)C1c1cccnc1. The fourth-order valence-electron chi connectivity index (χ4n) is 7.09. The smallest absolute Gasteiger partial charge is 0.303 e. The van der Waals surface area contributed by atoms with E-state index < -0.39 is 5.97 Å². The van der Waals surface area contributed by atoms with Crippen LogP contribution in [-0.2, 0) is 11.2 Å². The minimum atomic E-state index is -0.756. The second-order valence-corrected chi connectivity index (χ2v) is 12.6. The Balaban J connectivity index is 0.000000155. The predicted octanol–water partition coefficient (Wildman–Crippen LogP) is 5.53. The van der Waals surface area contributed by atoms with E-state index in [4.69, 9.17) is 10.8 Å². The van der Waals surface area contributed by atoms with Crippen LogP contribution in [0.15, 0.2) is 67.5 Å². The molecule has 0 aromatic carbocycles. The van der Waals surface area contributed by atoms with Crippen LogP contribution in [0.5, 0.6) is 0 Å². The molecule has 3 N–H and O–H groups in total. The van der Waals surface area contributed by atoms with Crippen LogP contribution in [-0.4, -0.2) is 87.5 Å². The molecule has 9 nitrogen and oxygen atoms in total. The summed E-state index contributed by atoms with van der Waals surface area (Å²) >= 11 is 0. The molecule has 3 fully saturated rings. The molecule has 0 spiro atoms. The minimum Gasteiger partial charge on any atom is -0.481 e. The third-order valence-corrected chi connectivity index (χ3v) is 9.40. The largest absolute Gasteiger partial charge is 0.481 e. The van der Waals surface area contributed by atoms with Crippen molar-refractivity contribution >= 4 is 5.97 Å². The summed E-state index contributed by atoms with van der Waals surface area (Å²) in [6.07, 6.45) is 19.5. The molecule has 3 aliphatic heterocycles. The van der Waals surface area contributed by atoms with Crippen molar-refractivity contribution in [1.29, 1.82) is 0 Å². The van der Waals surface area contributed by atoms with E-state index in [1.807, 2.05) is 43.1 Å². The molecule has 0 aliphatic carbocycles. The van der Waals surface area contributed by atoms with Gasteiger partial charge in [0.1, 0.15) is 0 Å². The van der Waals surface area contributed by atoms with Crippen molar-refractivity contribution in [2.45, 2.75) is 76.4 Å². The van der Waals surface area contributed by atoms with Gasteiger partial charge in [-0.15, -0.1) is 0 Å². The first-order valence-corrected chi connectivity index (χ1v) is 16.7. The van der Waals surface area contributed by atoms with Gasteiger partial charge in [0.2, 0.25) is 0 Å². The molecule has 244 valence electrons. The lowest BCUT2D eigenvalue weighted by Crippen LogP contribution is -2.25. The minimum absolute atomic E-state index is 0.172. The van der Waals surface area contributed by atoms with Gasteiger partial charge in [0.15, 0.2) is 0 Å². The lowest BCUT2D eigenvalue weighted by Gasteiger charge is -2.24. The van der Waals surface area contributed by atoms with E-state index in [0.717, 1.165) is 25.2 Å². The monoisotopic (exact) mass is 615 g/mol. The Labute approximate surface area is 269 Å². The number of pyridine rings is 3. The highest BCUT2D eigenvalue weighted by Gasteiger charge is 2.32. The van der Waals surface area contributed by atoms with Crippen molar-refractivity contribution in [2.75, 3.05) is 46.8 Å². The maximum absolute atomic E-state index is 10.5. The highest BCUT2D eigenvalue weighted by Crippen LogP contribution is 2.35. The number of carbonyl (C=O) groups is 1. The molecule has 3 aromatic heterocycles. The molecule has 45 heavy (non-hydrogen) atoms. The molecule has 3 unspecified atom stereocenters. The van der Waals surface area contributed by atoms with Gasteiger partial charge in [0.25, 0.3) is 0 Å². The molecule has 0 bridgehead atoms. The summed E-state index contributed by atoms with van der Waals surface area (Å²) in [5.41, 5.74) is 10.7.